The number of carbonyl (C=O) groups is 1. The van der Waals surface area contributed by atoms with Crippen molar-refractivity contribution in [2.24, 2.45) is 0 Å². The van der Waals surface area contributed by atoms with E-state index in [9.17, 15) is 13.2 Å². The molecule has 1 aromatic rings. The van der Waals surface area contributed by atoms with Crippen molar-refractivity contribution >= 4 is 21.9 Å². The molecule has 2 aliphatic heterocycles. The SMILES string of the molecule is CC1CN(S(=O)(=O)N2CCN(CC(=O)Nc3ccnn3C3CCCC3)CC2)CC(C)O1. The Hall–Kier alpha value is -1.53. The molecule has 1 N–H and O–H groups in total. The number of hydrogen-bond acceptors (Lipinski definition) is 6. The number of anilines is 1. The molecule has 1 aromatic heterocycles. The summed E-state index contributed by atoms with van der Waals surface area (Å²) >= 11 is 0. The van der Waals surface area contributed by atoms with Gasteiger partial charge in [0.05, 0.1) is 31.0 Å². The summed E-state index contributed by atoms with van der Waals surface area (Å²) in [5.41, 5.74) is 0. The van der Waals surface area contributed by atoms with Crippen LogP contribution in [0.5, 0.6) is 0 Å². The van der Waals surface area contributed by atoms with Gasteiger partial charge in [-0.1, -0.05) is 12.8 Å². The Labute approximate surface area is 184 Å². The van der Waals surface area contributed by atoms with E-state index in [0.717, 1.165) is 18.7 Å². The standard InChI is InChI=1S/C20H34N6O4S/c1-16-13-25(14-17(2)30-16)31(28,29)24-11-9-23(10-12-24)15-20(27)22-19-7-8-21-26(19)18-5-3-4-6-18/h7-8,16-18H,3-6,9-15H2,1-2H3,(H,22,27). The average molecular weight is 455 g/mol. The van der Waals surface area contributed by atoms with Crippen molar-refractivity contribution in [2.75, 3.05) is 51.1 Å². The van der Waals surface area contributed by atoms with E-state index < -0.39 is 10.2 Å². The molecule has 3 heterocycles. The summed E-state index contributed by atoms with van der Waals surface area (Å²) in [7, 11) is -3.51. The van der Waals surface area contributed by atoms with Crippen LogP contribution in [0.3, 0.4) is 0 Å². The van der Waals surface area contributed by atoms with E-state index in [4.69, 9.17) is 4.74 Å². The summed E-state index contributed by atoms with van der Waals surface area (Å²) in [5.74, 6) is 0.653. The van der Waals surface area contributed by atoms with Gasteiger partial charge in [-0.25, -0.2) is 4.68 Å². The minimum Gasteiger partial charge on any atom is -0.373 e. The second-order valence-corrected chi connectivity index (χ2v) is 10.8. The van der Waals surface area contributed by atoms with Crippen LogP contribution in [0.15, 0.2) is 12.3 Å². The Morgan fingerprint density at radius 2 is 1.74 bits per heavy atom. The van der Waals surface area contributed by atoms with Crippen LogP contribution in [0, 0.1) is 0 Å². The fraction of sp³-hybridized carbons (Fsp3) is 0.800. The fourth-order valence-corrected chi connectivity index (χ4v) is 6.59. The topological polar surface area (TPSA) is 100 Å². The lowest BCUT2D eigenvalue weighted by atomic mass is 10.2. The van der Waals surface area contributed by atoms with E-state index in [-0.39, 0.29) is 24.7 Å². The summed E-state index contributed by atoms with van der Waals surface area (Å²) in [4.78, 5) is 14.6. The highest BCUT2D eigenvalue weighted by atomic mass is 32.2. The first-order valence-electron chi connectivity index (χ1n) is 11.3. The Morgan fingerprint density at radius 1 is 1.10 bits per heavy atom. The molecular weight excluding hydrogens is 420 g/mol. The van der Waals surface area contributed by atoms with Crippen LogP contribution in [-0.4, -0.2) is 95.6 Å². The molecule has 2 saturated heterocycles. The Bertz CT molecular complexity index is 851. The summed E-state index contributed by atoms with van der Waals surface area (Å²) in [5, 5.41) is 7.37. The van der Waals surface area contributed by atoms with E-state index in [1.165, 1.54) is 21.5 Å². The zero-order valence-corrected chi connectivity index (χ0v) is 19.3. The second-order valence-electron chi connectivity index (χ2n) is 8.90. The molecule has 4 rings (SSSR count). The number of carbonyl (C=O) groups excluding carboxylic acids is 1. The van der Waals surface area contributed by atoms with Gasteiger partial charge in [-0.15, -0.1) is 0 Å². The van der Waals surface area contributed by atoms with Crippen LogP contribution >= 0.6 is 0 Å². The normalized spacial score (nSPS) is 27.5. The molecule has 0 spiro atoms. The monoisotopic (exact) mass is 454 g/mol. The van der Waals surface area contributed by atoms with Gasteiger partial charge in [-0.3, -0.25) is 9.69 Å². The van der Waals surface area contributed by atoms with Crippen molar-refractivity contribution in [3.8, 4) is 0 Å². The first kappa shape index (κ1) is 22.7. The fourth-order valence-electron chi connectivity index (χ4n) is 4.84. The van der Waals surface area contributed by atoms with Gasteiger partial charge in [0, 0.05) is 45.3 Å². The number of hydrogen-bond donors (Lipinski definition) is 1. The number of morpholine rings is 1. The maximum Gasteiger partial charge on any atom is 0.282 e. The van der Waals surface area contributed by atoms with Gasteiger partial charge in [0.1, 0.15) is 5.82 Å². The van der Waals surface area contributed by atoms with Crippen molar-refractivity contribution < 1.29 is 17.9 Å². The average Bonchev–Trinajstić information content (AvgIpc) is 3.39. The Morgan fingerprint density at radius 3 is 2.39 bits per heavy atom. The molecule has 11 heteroatoms. The molecule has 1 aliphatic carbocycles. The highest BCUT2D eigenvalue weighted by Crippen LogP contribution is 2.31. The molecule has 2 unspecified atom stereocenters. The van der Waals surface area contributed by atoms with Crippen LogP contribution in [0.1, 0.15) is 45.6 Å². The predicted octanol–water partition coefficient (Wildman–Crippen LogP) is 0.908. The van der Waals surface area contributed by atoms with Crippen molar-refractivity contribution in [3.63, 3.8) is 0 Å². The zero-order valence-electron chi connectivity index (χ0n) is 18.4. The smallest absolute Gasteiger partial charge is 0.282 e. The van der Waals surface area contributed by atoms with Crippen molar-refractivity contribution in [1.29, 1.82) is 0 Å². The molecule has 0 bridgehead atoms. The molecular formula is C20H34N6O4S. The van der Waals surface area contributed by atoms with E-state index in [2.05, 4.69) is 10.4 Å². The van der Waals surface area contributed by atoms with Gasteiger partial charge >= 0.3 is 0 Å². The lowest BCUT2D eigenvalue weighted by Gasteiger charge is -2.40. The van der Waals surface area contributed by atoms with Crippen LogP contribution in [0.25, 0.3) is 0 Å². The van der Waals surface area contributed by atoms with Gasteiger partial charge in [0.2, 0.25) is 5.91 Å². The van der Waals surface area contributed by atoms with Crippen LogP contribution < -0.4 is 5.32 Å². The third-order valence-corrected chi connectivity index (χ3v) is 8.31. The molecule has 3 aliphatic rings. The Balaban J connectivity index is 1.27. The van der Waals surface area contributed by atoms with E-state index in [0.29, 0.717) is 45.3 Å². The van der Waals surface area contributed by atoms with Crippen LogP contribution in [0.4, 0.5) is 5.82 Å². The van der Waals surface area contributed by atoms with Crippen molar-refractivity contribution in [3.05, 3.63) is 12.3 Å². The molecule has 10 nitrogen and oxygen atoms in total. The molecule has 3 fully saturated rings. The maximum atomic E-state index is 13.0. The number of rotatable bonds is 6. The molecule has 31 heavy (non-hydrogen) atoms. The summed E-state index contributed by atoms with van der Waals surface area (Å²) in [6.07, 6.45) is 6.11. The van der Waals surface area contributed by atoms with Crippen molar-refractivity contribution in [1.82, 2.24) is 23.3 Å². The third-order valence-electron chi connectivity index (χ3n) is 6.35. The quantitative estimate of drug-likeness (QED) is 0.686. The largest absolute Gasteiger partial charge is 0.373 e. The number of aromatic nitrogens is 2. The number of nitrogens with one attached hydrogen (secondary N) is 1. The summed E-state index contributed by atoms with van der Waals surface area (Å²) in [6, 6.07) is 2.20. The van der Waals surface area contributed by atoms with E-state index >= 15 is 0 Å². The first-order chi connectivity index (χ1) is 14.8. The lowest BCUT2D eigenvalue weighted by Crippen LogP contribution is -2.57. The summed E-state index contributed by atoms with van der Waals surface area (Å²) < 4.78 is 36.7. The van der Waals surface area contributed by atoms with E-state index in [1.54, 1.807) is 6.20 Å². The third kappa shape index (κ3) is 5.28. The Kier molecular flexibility index (Phi) is 6.97. The van der Waals surface area contributed by atoms with E-state index in [1.807, 2.05) is 29.5 Å². The minimum atomic E-state index is -3.51. The minimum absolute atomic E-state index is 0.0908. The molecule has 0 aromatic carbocycles. The lowest BCUT2D eigenvalue weighted by molar-refractivity contribution is -0.117. The molecule has 1 amide bonds. The highest BCUT2D eigenvalue weighted by Gasteiger charge is 2.36. The first-order valence-corrected chi connectivity index (χ1v) is 12.7. The zero-order chi connectivity index (χ0) is 22.0. The number of piperazine rings is 1. The van der Waals surface area contributed by atoms with Gasteiger partial charge < -0.3 is 10.1 Å². The maximum absolute atomic E-state index is 13.0. The molecule has 174 valence electrons. The number of amides is 1. The molecule has 2 atom stereocenters. The predicted molar refractivity (Wildman–Crippen MR) is 117 cm³/mol. The van der Waals surface area contributed by atoms with Crippen LogP contribution in [0.2, 0.25) is 0 Å². The van der Waals surface area contributed by atoms with Gasteiger partial charge in [-0.05, 0) is 26.7 Å². The number of ether oxygens (including phenoxy) is 1. The van der Waals surface area contributed by atoms with Crippen molar-refractivity contribution in [2.45, 2.75) is 57.8 Å². The molecule has 1 saturated carbocycles. The highest BCUT2D eigenvalue weighted by molar-refractivity contribution is 7.86. The van der Waals surface area contributed by atoms with Gasteiger partial charge in [0.15, 0.2) is 0 Å². The van der Waals surface area contributed by atoms with Gasteiger partial charge in [-0.2, -0.15) is 22.1 Å². The molecule has 0 radical (unpaired) electrons. The summed E-state index contributed by atoms with van der Waals surface area (Å²) in [6.45, 7) is 6.63. The second kappa shape index (κ2) is 9.53. The number of nitrogens with zero attached hydrogens (tertiary/aromatic N) is 5. The van der Waals surface area contributed by atoms with Gasteiger partial charge in [0.25, 0.3) is 10.2 Å². The van der Waals surface area contributed by atoms with Crippen LogP contribution in [-0.2, 0) is 19.7 Å².